The van der Waals surface area contributed by atoms with E-state index in [9.17, 15) is 23.2 Å². The zero-order valence-electron chi connectivity index (χ0n) is 18.9. The van der Waals surface area contributed by atoms with Crippen LogP contribution >= 0.6 is 11.6 Å². The summed E-state index contributed by atoms with van der Waals surface area (Å²) in [6.07, 6.45) is 0. The highest BCUT2D eigenvalue weighted by Gasteiger charge is 2.17. The lowest BCUT2D eigenvalue weighted by atomic mass is 10.1. The van der Waals surface area contributed by atoms with Crippen LogP contribution in [0.2, 0.25) is 5.02 Å². The fraction of sp³-hybridized carbons (Fsp3) is 0.217. The summed E-state index contributed by atoms with van der Waals surface area (Å²) in [5.74, 6) is -3.84. The van der Waals surface area contributed by atoms with Gasteiger partial charge in [0.1, 0.15) is 5.82 Å². The molecule has 0 atom stereocenters. The smallest absolute Gasteiger partial charge is 0.272 e. The summed E-state index contributed by atoms with van der Waals surface area (Å²) in [6, 6.07) is 9.43. The van der Waals surface area contributed by atoms with Crippen molar-refractivity contribution in [3.63, 3.8) is 0 Å². The standard InChI is InChI=1S/C23H23ClF2N6O3/c1-32(2)8-7-27-21(33)14-5-3-13(4-6-14)12-28-23(35)19-11-20(31-30-19)29-22(34)15-9-17(25)18(26)10-16(15)24/h3-6,9-11H,7-8,12H2,1-2H3,(H,27,33)(H,28,35)(H2,29,30,31,34). The maximum atomic E-state index is 13.4. The second-order valence-electron chi connectivity index (χ2n) is 7.81. The molecule has 4 N–H and O–H groups in total. The van der Waals surface area contributed by atoms with Crippen molar-refractivity contribution in [3.05, 3.63) is 81.5 Å². The lowest BCUT2D eigenvalue weighted by molar-refractivity contribution is 0.0939. The molecule has 2 aromatic carbocycles. The van der Waals surface area contributed by atoms with Crippen LogP contribution in [0.25, 0.3) is 0 Å². The third-order valence-electron chi connectivity index (χ3n) is 4.83. The van der Waals surface area contributed by atoms with Crippen LogP contribution in [-0.2, 0) is 6.54 Å². The Kier molecular flexibility index (Phi) is 8.50. The molecule has 0 fully saturated rings. The Morgan fingerprint density at radius 2 is 1.66 bits per heavy atom. The Labute approximate surface area is 204 Å². The Balaban J connectivity index is 1.52. The SMILES string of the molecule is CN(C)CCNC(=O)c1ccc(CNC(=O)c2cc(NC(=O)c3cc(F)c(F)cc3Cl)[nH]n2)cc1. The number of carbonyl (C=O) groups is 3. The van der Waals surface area contributed by atoms with Gasteiger partial charge in [-0.15, -0.1) is 0 Å². The van der Waals surface area contributed by atoms with Crippen molar-refractivity contribution in [1.29, 1.82) is 0 Å². The lowest BCUT2D eigenvalue weighted by Gasteiger charge is -2.10. The topological polar surface area (TPSA) is 119 Å². The zero-order chi connectivity index (χ0) is 25.5. The van der Waals surface area contributed by atoms with Crippen LogP contribution < -0.4 is 16.0 Å². The number of rotatable bonds is 9. The molecular formula is C23H23ClF2N6O3. The summed E-state index contributed by atoms with van der Waals surface area (Å²) in [5.41, 5.74) is 0.988. The highest BCUT2D eigenvalue weighted by Crippen LogP contribution is 2.21. The van der Waals surface area contributed by atoms with Gasteiger partial charge >= 0.3 is 0 Å². The average Bonchev–Trinajstić information content (AvgIpc) is 3.28. The van der Waals surface area contributed by atoms with Gasteiger partial charge in [-0.25, -0.2) is 8.78 Å². The van der Waals surface area contributed by atoms with Gasteiger partial charge in [0, 0.05) is 31.3 Å². The molecule has 35 heavy (non-hydrogen) atoms. The minimum Gasteiger partial charge on any atom is -0.351 e. The number of H-pyrrole nitrogens is 1. The normalized spacial score (nSPS) is 10.8. The van der Waals surface area contributed by atoms with E-state index in [1.54, 1.807) is 24.3 Å². The molecule has 184 valence electrons. The summed E-state index contributed by atoms with van der Waals surface area (Å²) in [6.45, 7) is 1.44. The molecule has 0 unspecified atom stereocenters. The van der Waals surface area contributed by atoms with Gasteiger partial charge in [-0.3, -0.25) is 19.5 Å². The van der Waals surface area contributed by atoms with Crippen LogP contribution in [0.3, 0.4) is 0 Å². The minimum atomic E-state index is -1.22. The van der Waals surface area contributed by atoms with Crippen molar-refractivity contribution < 1.29 is 23.2 Å². The first kappa shape index (κ1) is 25.8. The van der Waals surface area contributed by atoms with Crippen molar-refractivity contribution >= 4 is 35.1 Å². The molecule has 0 aliphatic heterocycles. The van der Waals surface area contributed by atoms with Gasteiger partial charge < -0.3 is 20.9 Å². The number of benzene rings is 2. The molecule has 0 radical (unpaired) electrons. The minimum absolute atomic E-state index is 0.00595. The largest absolute Gasteiger partial charge is 0.351 e. The number of nitrogens with zero attached hydrogens (tertiary/aromatic N) is 2. The predicted octanol–water partition coefficient (Wildman–Crippen LogP) is 2.82. The molecule has 0 aliphatic carbocycles. The Bertz CT molecular complexity index is 1230. The third kappa shape index (κ3) is 7.08. The number of hydrogen-bond donors (Lipinski definition) is 4. The fourth-order valence-electron chi connectivity index (χ4n) is 2.93. The molecule has 3 rings (SSSR count). The number of aromatic amines is 1. The number of hydrogen-bond acceptors (Lipinski definition) is 5. The lowest BCUT2D eigenvalue weighted by Crippen LogP contribution is -2.31. The van der Waals surface area contributed by atoms with E-state index in [1.807, 2.05) is 19.0 Å². The number of likely N-dealkylation sites (N-methyl/N-ethyl adjacent to an activating group) is 1. The summed E-state index contributed by atoms with van der Waals surface area (Å²) in [5, 5.41) is 13.9. The van der Waals surface area contributed by atoms with Crippen molar-refractivity contribution in [1.82, 2.24) is 25.7 Å². The second-order valence-corrected chi connectivity index (χ2v) is 8.21. The van der Waals surface area contributed by atoms with Crippen molar-refractivity contribution in [2.24, 2.45) is 0 Å². The van der Waals surface area contributed by atoms with Crippen LogP contribution in [-0.4, -0.2) is 60.0 Å². The Morgan fingerprint density at radius 1 is 0.971 bits per heavy atom. The van der Waals surface area contributed by atoms with Gasteiger partial charge in [-0.1, -0.05) is 23.7 Å². The van der Waals surface area contributed by atoms with Gasteiger partial charge in [0.25, 0.3) is 17.7 Å². The van der Waals surface area contributed by atoms with E-state index in [1.165, 1.54) is 6.07 Å². The van der Waals surface area contributed by atoms with E-state index in [4.69, 9.17) is 11.6 Å². The van der Waals surface area contributed by atoms with Crippen molar-refractivity contribution in [2.75, 3.05) is 32.5 Å². The van der Waals surface area contributed by atoms with Crippen LogP contribution in [0, 0.1) is 11.6 Å². The first-order valence-electron chi connectivity index (χ1n) is 10.5. The van der Waals surface area contributed by atoms with Crippen LogP contribution in [0.1, 0.15) is 36.8 Å². The molecular weight excluding hydrogens is 482 g/mol. The molecule has 0 saturated carbocycles. The maximum absolute atomic E-state index is 13.4. The van der Waals surface area contributed by atoms with E-state index in [0.29, 0.717) is 24.2 Å². The van der Waals surface area contributed by atoms with Gasteiger partial charge in [0.15, 0.2) is 17.3 Å². The van der Waals surface area contributed by atoms with Gasteiger partial charge in [0.2, 0.25) is 0 Å². The number of carbonyl (C=O) groups excluding carboxylic acids is 3. The number of anilines is 1. The van der Waals surface area contributed by atoms with Gasteiger partial charge in [0.05, 0.1) is 10.6 Å². The molecule has 0 spiro atoms. The highest BCUT2D eigenvalue weighted by molar-refractivity contribution is 6.34. The third-order valence-corrected chi connectivity index (χ3v) is 5.14. The van der Waals surface area contributed by atoms with Crippen LogP contribution in [0.15, 0.2) is 42.5 Å². The second kappa shape index (κ2) is 11.5. The van der Waals surface area contributed by atoms with Gasteiger partial charge in [-0.2, -0.15) is 5.10 Å². The zero-order valence-corrected chi connectivity index (χ0v) is 19.7. The molecule has 12 heteroatoms. The Morgan fingerprint density at radius 3 is 2.34 bits per heavy atom. The van der Waals surface area contributed by atoms with Crippen molar-refractivity contribution in [3.8, 4) is 0 Å². The number of aromatic nitrogens is 2. The van der Waals surface area contributed by atoms with Crippen molar-refractivity contribution in [2.45, 2.75) is 6.54 Å². The summed E-state index contributed by atoms with van der Waals surface area (Å²) in [7, 11) is 3.84. The van der Waals surface area contributed by atoms with Crippen LogP contribution in [0.5, 0.6) is 0 Å². The van der Waals surface area contributed by atoms with E-state index in [0.717, 1.165) is 12.1 Å². The van der Waals surface area contributed by atoms with E-state index in [-0.39, 0.29) is 34.5 Å². The fourth-order valence-corrected chi connectivity index (χ4v) is 3.17. The molecule has 0 saturated heterocycles. The summed E-state index contributed by atoms with van der Waals surface area (Å²) in [4.78, 5) is 38.8. The van der Waals surface area contributed by atoms with E-state index < -0.39 is 23.4 Å². The Hall–Kier alpha value is -3.83. The van der Waals surface area contributed by atoms with Gasteiger partial charge in [-0.05, 0) is 43.9 Å². The van der Waals surface area contributed by atoms with E-state index >= 15 is 0 Å². The molecule has 3 amide bonds. The molecule has 9 nitrogen and oxygen atoms in total. The molecule has 1 aromatic heterocycles. The molecule has 3 aromatic rings. The first-order valence-corrected chi connectivity index (χ1v) is 10.8. The molecule has 0 aliphatic rings. The number of nitrogens with one attached hydrogen (secondary N) is 4. The summed E-state index contributed by atoms with van der Waals surface area (Å²) < 4.78 is 26.6. The number of halogens is 3. The quantitative estimate of drug-likeness (QED) is 0.334. The predicted molar refractivity (Wildman–Crippen MR) is 126 cm³/mol. The average molecular weight is 505 g/mol. The maximum Gasteiger partial charge on any atom is 0.272 e. The molecule has 0 bridgehead atoms. The summed E-state index contributed by atoms with van der Waals surface area (Å²) >= 11 is 5.80. The number of amides is 3. The van der Waals surface area contributed by atoms with E-state index in [2.05, 4.69) is 26.1 Å². The highest BCUT2D eigenvalue weighted by atomic mass is 35.5. The monoisotopic (exact) mass is 504 g/mol. The first-order chi connectivity index (χ1) is 16.6. The van der Waals surface area contributed by atoms with Crippen LogP contribution in [0.4, 0.5) is 14.6 Å². The molecule has 1 heterocycles.